The topological polar surface area (TPSA) is 0 Å². The summed E-state index contributed by atoms with van der Waals surface area (Å²) in [5.41, 5.74) is 3.22. The molecule has 2 aliphatic rings. The van der Waals surface area contributed by atoms with Gasteiger partial charge in [-0.1, -0.05) is 97.1 Å². The van der Waals surface area contributed by atoms with Crippen molar-refractivity contribution < 1.29 is 92.2 Å². The quantitative estimate of drug-likeness (QED) is 0.130. The van der Waals surface area contributed by atoms with Crippen molar-refractivity contribution in [1.82, 2.24) is 0 Å². The van der Waals surface area contributed by atoms with Crippen LogP contribution in [0.15, 0.2) is 121 Å². The van der Waals surface area contributed by atoms with E-state index in [9.17, 15) is 26.3 Å². The molecule has 0 aliphatic carbocycles. The van der Waals surface area contributed by atoms with E-state index in [-0.39, 0.29) is 48.0 Å². The summed E-state index contributed by atoms with van der Waals surface area (Å²) in [7, 11) is 9.00. The van der Waals surface area contributed by atoms with Gasteiger partial charge in [0.05, 0.1) is 52.4 Å². The number of piperazine rings is 2. The maximum absolute atomic E-state index is 12.7. The number of quaternary nitrogens is 4. The zero-order valence-electron chi connectivity index (χ0n) is 34.0. The van der Waals surface area contributed by atoms with Crippen LogP contribution in [0.2, 0.25) is 0 Å². The predicted octanol–water partition coefficient (Wildman–Crippen LogP) is 3.66. The molecule has 0 spiro atoms. The highest BCUT2D eigenvalue weighted by molar-refractivity contribution is 5.49. The molecule has 2 fully saturated rings. The molecule has 0 saturated carbocycles. The van der Waals surface area contributed by atoms with E-state index in [1.165, 1.54) is 35.4 Å². The monoisotopic (exact) mass is 1030 g/mol. The molecule has 2 heterocycles. The highest BCUT2D eigenvalue weighted by Crippen LogP contribution is 2.31. The fourth-order valence-electron chi connectivity index (χ4n) is 7.55. The van der Waals surface area contributed by atoms with Crippen molar-refractivity contribution in [1.29, 1.82) is 0 Å². The van der Waals surface area contributed by atoms with Crippen LogP contribution in [0, 0.1) is 0 Å². The van der Waals surface area contributed by atoms with Gasteiger partial charge in [0.25, 0.3) is 0 Å². The third-order valence-electron chi connectivity index (χ3n) is 11.7. The van der Waals surface area contributed by atoms with Gasteiger partial charge in [0, 0.05) is 11.1 Å². The number of benzene rings is 4. The summed E-state index contributed by atoms with van der Waals surface area (Å²) in [6.45, 7) is 11.9. The average molecular weight is 1030 g/mol. The third-order valence-corrected chi connectivity index (χ3v) is 11.7. The molecule has 2 saturated heterocycles. The minimum atomic E-state index is -4.27. The van der Waals surface area contributed by atoms with Gasteiger partial charge in [-0.25, -0.2) is 0 Å². The lowest BCUT2D eigenvalue weighted by Crippen LogP contribution is -3.00. The van der Waals surface area contributed by atoms with Crippen molar-refractivity contribution in [2.45, 2.75) is 25.4 Å². The van der Waals surface area contributed by atoms with E-state index in [4.69, 9.17) is 0 Å². The second kappa shape index (κ2) is 21.2. The van der Waals surface area contributed by atoms with Crippen molar-refractivity contribution >= 4 is 12.2 Å². The smallest absolute Gasteiger partial charge is 0.416 e. The molecule has 0 unspecified atom stereocenters. The van der Waals surface area contributed by atoms with E-state index in [0.29, 0.717) is 0 Å². The van der Waals surface area contributed by atoms with Gasteiger partial charge in [0.15, 0.2) is 0 Å². The van der Waals surface area contributed by atoms with Crippen molar-refractivity contribution in [2.24, 2.45) is 0 Å². The van der Waals surface area contributed by atoms with Crippen molar-refractivity contribution in [2.75, 3.05) is 93.6 Å². The molecule has 0 radical (unpaired) electrons. The Morgan fingerprint density at radius 1 is 0.414 bits per heavy atom. The van der Waals surface area contributed by atoms with Gasteiger partial charge in [0.1, 0.15) is 65.4 Å². The first kappa shape index (κ1) is 49.6. The molecule has 58 heavy (non-hydrogen) atoms. The first-order chi connectivity index (χ1) is 26.4. The van der Waals surface area contributed by atoms with E-state index in [2.05, 4.69) is 76.8 Å². The molecule has 0 aromatic heterocycles. The van der Waals surface area contributed by atoms with Gasteiger partial charge in [-0.05, 0) is 47.5 Å². The fourth-order valence-corrected chi connectivity index (χ4v) is 7.55. The normalized spacial score (nSPS) is 25.0. The number of rotatable bonds is 10. The van der Waals surface area contributed by atoms with E-state index in [1.807, 2.05) is 36.4 Å². The molecule has 6 rings (SSSR count). The zero-order valence-corrected chi connectivity index (χ0v) is 38.3. The molecule has 4 aromatic carbocycles. The highest BCUT2D eigenvalue weighted by atomic mass is 127. The van der Waals surface area contributed by atoms with Crippen LogP contribution in [0.1, 0.15) is 33.4 Å². The number of alkyl halides is 6. The predicted molar refractivity (Wildman–Crippen MR) is 215 cm³/mol. The molecule has 0 bridgehead atoms. The van der Waals surface area contributed by atoms with Crippen LogP contribution in [0.3, 0.4) is 0 Å². The van der Waals surface area contributed by atoms with Gasteiger partial charge >= 0.3 is 12.4 Å². The fraction of sp³-hybridized carbons (Fsp3) is 0.391. The summed E-state index contributed by atoms with van der Waals surface area (Å²) in [5, 5.41) is 0. The molecule has 4 nitrogen and oxygen atoms in total. The molecule has 0 amide bonds. The summed E-state index contributed by atoms with van der Waals surface area (Å²) in [4.78, 5) is 0. The minimum absolute atomic E-state index is 0. The highest BCUT2D eigenvalue weighted by Gasteiger charge is 2.38. The Kier molecular flexibility index (Phi) is 18.1. The van der Waals surface area contributed by atoms with Crippen LogP contribution in [0.5, 0.6) is 0 Å². The lowest BCUT2D eigenvalue weighted by molar-refractivity contribution is -1.02. The number of likely N-dealkylation sites (N-methyl/N-ethyl adjacent to an activating group) is 4. The first-order valence-electron chi connectivity index (χ1n) is 19.4. The summed E-state index contributed by atoms with van der Waals surface area (Å²) >= 11 is 0. The number of hydrogen-bond donors (Lipinski definition) is 0. The van der Waals surface area contributed by atoms with Gasteiger partial charge in [-0.3, -0.25) is 0 Å². The molecule has 316 valence electrons. The van der Waals surface area contributed by atoms with E-state index < -0.39 is 23.5 Å². The maximum atomic E-state index is 12.7. The Morgan fingerprint density at radius 3 is 0.966 bits per heavy atom. The van der Waals surface area contributed by atoms with Crippen molar-refractivity contribution in [3.8, 4) is 0 Å². The Morgan fingerprint density at radius 2 is 0.690 bits per heavy atom. The summed E-state index contributed by atoms with van der Waals surface area (Å²) < 4.78 is 80.2. The van der Waals surface area contributed by atoms with Crippen LogP contribution in [0.25, 0.3) is 12.2 Å². The average Bonchev–Trinajstić information content (AvgIpc) is 3.16. The lowest BCUT2D eigenvalue weighted by Gasteiger charge is -2.46. The molecule has 4 aromatic rings. The standard InChI is InChI=1S/2C23H29F3N2.2HI/c2*1-27(14-6-9-20-7-4-3-5-8-20)15-17-28(2,18-16-27)19-21-10-12-22(13-11-21)23(24,25)26;;/h2*3-13H,14-19H2,1-2H3;2*1H/q2*+2;;/p-2/b2*9-6+;;. The van der Waals surface area contributed by atoms with Gasteiger partial charge in [-0.15, -0.1) is 0 Å². The van der Waals surface area contributed by atoms with E-state index >= 15 is 0 Å². The summed E-state index contributed by atoms with van der Waals surface area (Å²) in [6, 6.07) is 31.9. The van der Waals surface area contributed by atoms with Crippen LogP contribution < -0.4 is 48.0 Å². The maximum Gasteiger partial charge on any atom is 0.416 e. The van der Waals surface area contributed by atoms with Crippen molar-refractivity contribution in [3.63, 3.8) is 0 Å². The molecular weight excluding hydrogens is 976 g/mol. The molecular formula is C46H58F6I2N4+2. The molecule has 0 N–H and O–H groups in total. The SMILES string of the molecule is C[N+]1(C/C=C/c2ccccc2)CC[N+](C)(Cc2ccc(C(F)(F)F)cc2)CC1.C[N+]1(C/C=C/c2ccccc2)CC[N+](C)(Cc2ccc(C(F)(F)F)cc2)CC1.[I-].[I-]. The van der Waals surface area contributed by atoms with Crippen LogP contribution in [-0.2, 0) is 25.4 Å². The van der Waals surface area contributed by atoms with Crippen molar-refractivity contribution in [3.05, 3.63) is 155 Å². The zero-order chi connectivity index (χ0) is 40.5. The Hall–Kier alpha value is -2.76. The Balaban J connectivity index is 0.000000300. The van der Waals surface area contributed by atoms with E-state index in [1.54, 1.807) is 24.3 Å². The van der Waals surface area contributed by atoms with Crippen LogP contribution in [-0.4, -0.2) is 112 Å². The summed E-state index contributed by atoms with van der Waals surface area (Å²) in [5.74, 6) is 0. The third kappa shape index (κ3) is 15.4. The summed E-state index contributed by atoms with van der Waals surface area (Å²) in [6.07, 6.45) is 0.313. The molecule has 0 atom stereocenters. The number of nitrogens with zero attached hydrogens (tertiary/aromatic N) is 4. The first-order valence-corrected chi connectivity index (χ1v) is 19.4. The lowest BCUT2D eigenvalue weighted by atomic mass is 10.1. The second-order valence-corrected chi connectivity index (χ2v) is 17.0. The van der Waals surface area contributed by atoms with Crippen LogP contribution in [0.4, 0.5) is 26.3 Å². The van der Waals surface area contributed by atoms with Crippen LogP contribution >= 0.6 is 0 Å². The minimum Gasteiger partial charge on any atom is -1.00 e. The number of halogens is 8. The van der Waals surface area contributed by atoms with Gasteiger partial charge < -0.3 is 65.9 Å². The largest absolute Gasteiger partial charge is 1.00 e. The molecule has 12 heteroatoms. The Labute approximate surface area is 375 Å². The Bertz CT molecular complexity index is 1730. The van der Waals surface area contributed by atoms with Gasteiger partial charge in [0.2, 0.25) is 0 Å². The molecule has 2 aliphatic heterocycles. The van der Waals surface area contributed by atoms with E-state index in [0.717, 1.165) is 108 Å². The van der Waals surface area contributed by atoms with Gasteiger partial charge in [-0.2, -0.15) is 26.3 Å². The number of hydrogen-bond acceptors (Lipinski definition) is 0. The second-order valence-electron chi connectivity index (χ2n) is 17.0.